The highest BCUT2D eigenvalue weighted by molar-refractivity contribution is 5.78. The van der Waals surface area contributed by atoms with Gasteiger partial charge in [-0.15, -0.1) is 0 Å². The fourth-order valence-corrected chi connectivity index (χ4v) is 1.61. The van der Waals surface area contributed by atoms with Crippen molar-refractivity contribution in [1.82, 2.24) is 5.32 Å². The SMILES string of the molecule is CNCCCCC(C)C(N)=O.O=CCO/N=C/c1ccc([18F])cc1.[HH]. The molecule has 0 spiro atoms. The summed E-state index contributed by atoms with van der Waals surface area (Å²) in [5.74, 6) is -0.452. The molecule has 0 aliphatic rings. The van der Waals surface area contributed by atoms with Crippen molar-refractivity contribution in [3.8, 4) is 0 Å². The van der Waals surface area contributed by atoms with Crippen LogP contribution in [0.25, 0.3) is 0 Å². The van der Waals surface area contributed by atoms with Crippen LogP contribution < -0.4 is 11.1 Å². The molecule has 0 heterocycles. The molecule has 1 aromatic carbocycles. The van der Waals surface area contributed by atoms with Gasteiger partial charge in [0.2, 0.25) is 5.91 Å². The molecule has 0 aromatic heterocycles. The van der Waals surface area contributed by atoms with Crippen LogP contribution >= 0.6 is 0 Å². The number of carbonyl (C=O) groups excluding carboxylic acids is 2. The zero-order chi connectivity index (χ0) is 18.2. The summed E-state index contributed by atoms with van der Waals surface area (Å²) < 4.78 is 12.4. The Morgan fingerprint density at radius 3 is 2.62 bits per heavy atom. The molecule has 0 radical (unpaired) electrons. The molecule has 1 atom stereocenters. The fraction of sp³-hybridized carbons (Fsp3) is 0.471. The van der Waals surface area contributed by atoms with Crippen molar-refractivity contribution in [1.29, 1.82) is 0 Å². The first-order valence-corrected chi connectivity index (χ1v) is 7.79. The Morgan fingerprint density at radius 1 is 1.42 bits per heavy atom. The highest BCUT2D eigenvalue weighted by Crippen LogP contribution is 2.05. The average Bonchev–Trinajstić information content (AvgIpc) is 2.57. The Balaban J connectivity index is 0. The lowest BCUT2D eigenvalue weighted by molar-refractivity contribution is -0.121. The molecule has 0 fully saturated rings. The van der Waals surface area contributed by atoms with E-state index in [1.54, 1.807) is 12.1 Å². The maximum Gasteiger partial charge on any atom is 0.220 e. The molecule has 24 heavy (non-hydrogen) atoms. The van der Waals surface area contributed by atoms with E-state index in [2.05, 4.69) is 15.3 Å². The number of amides is 1. The Hall–Kier alpha value is -2.28. The normalized spacial score (nSPS) is 11.5. The van der Waals surface area contributed by atoms with Crippen LogP contribution in [0.15, 0.2) is 29.4 Å². The van der Waals surface area contributed by atoms with E-state index in [-0.39, 0.29) is 25.7 Å². The van der Waals surface area contributed by atoms with Crippen molar-refractivity contribution >= 4 is 18.4 Å². The first kappa shape index (κ1) is 21.7. The molecule has 1 rings (SSSR count). The molecule has 1 unspecified atom stereocenters. The molecule has 1 amide bonds. The van der Waals surface area contributed by atoms with E-state index >= 15 is 0 Å². The van der Waals surface area contributed by atoms with Gasteiger partial charge < -0.3 is 15.9 Å². The summed E-state index contributed by atoms with van der Waals surface area (Å²) in [6.45, 7) is 2.82. The van der Waals surface area contributed by atoms with E-state index in [1.165, 1.54) is 18.3 Å². The van der Waals surface area contributed by atoms with Gasteiger partial charge in [0.25, 0.3) is 0 Å². The Bertz CT molecular complexity index is 498. The van der Waals surface area contributed by atoms with Crippen molar-refractivity contribution in [2.24, 2.45) is 16.8 Å². The van der Waals surface area contributed by atoms with Crippen molar-refractivity contribution in [2.75, 3.05) is 20.2 Å². The van der Waals surface area contributed by atoms with Gasteiger partial charge in [0.15, 0.2) is 12.9 Å². The first-order chi connectivity index (χ1) is 11.5. The summed E-state index contributed by atoms with van der Waals surface area (Å²) >= 11 is 0. The highest BCUT2D eigenvalue weighted by atomic mass is 18.2. The van der Waals surface area contributed by atoms with E-state index in [0.717, 1.165) is 25.8 Å². The molecule has 3 N–H and O–H groups in total. The highest BCUT2D eigenvalue weighted by Gasteiger charge is 2.06. The fourth-order valence-electron chi connectivity index (χ4n) is 1.61. The maximum atomic E-state index is 12.4. The minimum absolute atomic E-state index is 0. The standard InChI is InChI=1S/C9H8FNO2.C8H18N2O.H2/c10-9-3-1-8(2-4-9)7-11-13-6-5-12;1-7(8(9)11)5-3-4-6-10-2;/h1-5,7H,6H2;7,10H,3-6H2,1-2H3,(H2,9,11);1H/b11-7+;;/i10-1;;. The number of nitrogens with two attached hydrogens (primary N) is 1. The number of nitrogens with one attached hydrogen (secondary N) is 1. The number of oxime groups is 1. The summed E-state index contributed by atoms with van der Waals surface area (Å²) in [5, 5.41) is 6.54. The van der Waals surface area contributed by atoms with Crippen LogP contribution in [0, 0.1) is 11.7 Å². The summed E-state index contributed by atoms with van der Waals surface area (Å²) in [6.07, 6.45) is 5.11. The predicted octanol–water partition coefficient (Wildman–Crippen LogP) is 2.12. The number of hydrogen-bond acceptors (Lipinski definition) is 5. The van der Waals surface area contributed by atoms with Gasteiger partial charge in [0, 0.05) is 7.34 Å². The topological polar surface area (TPSA) is 93.8 Å². The van der Waals surface area contributed by atoms with Crippen molar-refractivity contribution in [2.45, 2.75) is 26.2 Å². The number of aldehydes is 1. The Labute approximate surface area is 143 Å². The summed E-state index contributed by atoms with van der Waals surface area (Å²) in [6, 6.07) is 5.76. The molecule has 0 aliphatic heterocycles. The lowest BCUT2D eigenvalue weighted by atomic mass is 10.0. The van der Waals surface area contributed by atoms with Gasteiger partial charge in [0.05, 0.1) is 6.21 Å². The van der Waals surface area contributed by atoms with Crippen LogP contribution in [0.1, 0.15) is 33.2 Å². The molecule has 7 heteroatoms. The smallest absolute Gasteiger partial charge is 0.220 e. The third kappa shape index (κ3) is 12.3. The van der Waals surface area contributed by atoms with E-state index in [9.17, 15) is 14.0 Å². The minimum Gasteiger partial charge on any atom is -0.388 e. The van der Waals surface area contributed by atoms with Crippen LogP contribution in [-0.4, -0.2) is 38.6 Å². The van der Waals surface area contributed by atoms with Gasteiger partial charge in [-0.25, -0.2) is 4.39 Å². The van der Waals surface area contributed by atoms with Crippen LogP contribution in [0.5, 0.6) is 0 Å². The second-order valence-electron chi connectivity index (χ2n) is 5.15. The van der Waals surface area contributed by atoms with Crippen LogP contribution in [-0.2, 0) is 14.4 Å². The van der Waals surface area contributed by atoms with Gasteiger partial charge in [-0.1, -0.05) is 30.6 Å². The molecular formula is C17H28FN3O3. The number of rotatable bonds is 10. The number of unbranched alkanes of at least 4 members (excludes halogenated alkanes) is 1. The predicted molar refractivity (Wildman–Crippen MR) is 94.3 cm³/mol. The van der Waals surface area contributed by atoms with Gasteiger partial charge in [-0.05, 0) is 44.1 Å². The Kier molecular flexibility index (Phi) is 13.0. The third-order valence-electron chi connectivity index (χ3n) is 3.09. The van der Waals surface area contributed by atoms with Crippen molar-refractivity contribution in [3.05, 3.63) is 35.6 Å². The van der Waals surface area contributed by atoms with Crippen molar-refractivity contribution in [3.63, 3.8) is 0 Å². The van der Waals surface area contributed by atoms with E-state index in [1.807, 2.05) is 14.0 Å². The Morgan fingerprint density at radius 2 is 2.08 bits per heavy atom. The first-order valence-electron chi connectivity index (χ1n) is 7.79. The largest absolute Gasteiger partial charge is 0.388 e. The zero-order valence-electron chi connectivity index (χ0n) is 14.2. The molecule has 0 saturated carbocycles. The summed E-state index contributed by atoms with van der Waals surface area (Å²) in [7, 11) is 1.93. The quantitative estimate of drug-likeness (QED) is 0.295. The van der Waals surface area contributed by atoms with Crippen molar-refractivity contribution < 1.29 is 20.2 Å². The average molecular weight is 340 g/mol. The second-order valence-corrected chi connectivity index (χ2v) is 5.15. The molecular weight excluding hydrogens is 312 g/mol. The number of primary amides is 1. The molecule has 0 bridgehead atoms. The molecule has 136 valence electrons. The van der Waals surface area contributed by atoms with Gasteiger partial charge >= 0.3 is 0 Å². The van der Waals surface area contributed by atoms with Gasteiger partial charge in [-0.2, -0.15) is 0 Å². The minimum atomic E-state index is -0.300. The third-order valence-corrected chi connectivity index (χ3v) is 3.09. The van der Waals surface area contributed by atoms with E-state index in [0.29, 0.717) is 11.8 Å². The molecule has 6 nitrogen and oxygen atoms in total. The summed E-state index contributed by atoms with van der Waals surface area (Å²) in [4.78, 5) is 24.9. The van der Waals surface area contributed by atoms with Gasteiger partial charge in [0.1, 0.15) is 5.82 Å². The number of halogens is 1. The molecule has 1 aromatic rings. The van der Waals surface area contributed by atoms with Gasteiger partial charge in [-0.3, -0.25) is 9.59 Å². The van der Waals surface area contributed by atoms with E-state index < -0.39 is 0 Å². The zero-order valence-corrected chi connectivity index (χ0v) is 14.2. The second kappa shape index (κ2) is 14.3. The number of benzene rings is 1. The van der Waals surface area contributed by atoms with E-state index in [4.69, 9.17) is 5.73 Å². The maximum absolute atomic E-state index is 12.4. The molecule has 0 saturated heterocycles. The number of carbonyl (C=O) groups is 2. The summed E-state index contributed by atoms with van der Waals surface area (Å²) in [5.41, 5.74) is 5.81. The van der Waals surface area contributed by atoms with Crippen LogP contribution in [0.3, 0.4) is 0 Å². The molecule has 0 aliphatic carbocycles. The number of hydrogen-bond donors (Lipinski definition) is 2. The van der Waals surface area contributed by atoms with Crippen LogP contribution in [0.4, 0.5) is 4.39 Å². The monoisotopic (exact) mass is 340 g/mol. The lowest BCUT2D eigenvalue weighted by Gasteiger charge is -2.05. The number of nitrogens with zero attached hydrogens (tertiary/aromatic N) is 1. The lowest BCUT2D eigenvalue weighted by Crippen LogP contribution is -2.20. The van der Waals surface area contributed by atoms with Crippen LogP contribution in [0.2, 0.25) is 0 Å².